The monoisotopic (exact) mass is 289 g/mol. The Bertz CT molecular complexity index is 574. The molecular weight excluding hydrogens is 278 g/mol. The lowest BCUT2D eigenvalue weighted by Gasteiger charge is -2.11. The fourth-order valence-corrected chi connectivity index (χ4v) is 2.30. The van der Waals surface area contributed by atoms with E-state index in [2.05, 4.69) is 26.8 Å². The molecule has 0 saturated heterocycles. The standard InChI is InChI=1S/C14H12BrNO/c1-2-3-8-13(17)14-11(15)9-10-6-4-5-7-12(10)16-14/h1,4-7,9,13,17H,3,8H2. The Hall–Kier alpha value is -1.37. The topological polar surface area (TPSA) is 33.1 Å². The molecule has 0 bridgehead atoms. The first-order valence-electron chi connectivity index (χ1n) is 5.39. The minimum atomic E-state index is -0.620. The Labute approximate surface area is 109 Å². The molecule has 2 aromatic rings. The second-order valence-corrected chi connectivity index (χ2v) is 4.66. The average Bonchev–Trinajstić information content (AvgIpc) is 2.35. The van der Waals surface area contributed by atoms with E-state index in [-0.39, 0.29) is 0 Å². The van der Waals surface area contributed by atoms with Crippen molar-refractivity contribution in [3.8, 4) is 12.3 Å². The number of para-hydroxylation sites is 1. The van der Waals surface area contributed by atoms with E-state index >= 15 is 0 Å². The van der Waals surface area contributed by atoms with E-state index in [1.807, 2.05) is 30.3 Å². The molecule has 1 heterocycles. The molecule has 3 heteroatoms. The Morgan fingerprint density at radius 3 is 2.94 bits per heavy atom. The van der Waals surface area contributed by atoms with E-state index in [4.69, 9.17) is 6.42 Å². The van der Waals surface area contributed by atoms with Gasteiger partial charge in [0.15, 0.2) is 0 Å². The highest BCUT2D eigenvalue weighted by atomic mass is 79.9. The van der Waals surface area contributed by atoms with E-state index in [1.54, 1.807) is 0 Å². The van der Waals surface area contributed by atoms with Crippen molar-refractivity contribution in [1.29, 1.82) is 0 Å². The molecule has 17 heavy (non-hydrogen) atoms. The minimum Gasteiger partial charge on any atom is -0.387 e. The van der Waals surface area contributed by atoms with Crippen LogP contribution in [0, 0.1) is 12.3 Å². The lowest BCUT2D eigenvalue weighted by Crippen LogP contribution is -2.01. The molecule has 1 N–H and O–H groups in total. The summed E-state index contributed by atoms with van der Waals surface area (Å²) in [6.45, 7) is 0. The molecule has 0 amide bonds. The summed E-state index contributed by atoms with van der Waals surface area (Å²) in [5.41, 5.74) is 1.53. The van der Waals surface area contributed by atoms with Gasteiger partial charge in [0, 0.05) is 16.3 Å². The molecule has 0 radical (unpaired) electrons. The summed E-state index contributed by atoms with van der Waals surface area (Å²) >= 11 is 3.44. The Morgan fingerprint density at radius 1 is 1.41 bits per heavy atom. The van der Waals surface area contributed by atoms with Gasteiger partial charge >= 0.3 is 0 Å². The van der Waals surface area contributed by atoms with Gasteiger partial charge in [-0.15, -0.1) is 12.3 Å². The van der Waals surface area contributed by atoms with Gasteiger partial charge in [-0.05, 0) is 34.5 Å². The number of aliphatic hydroxyl groups excluding tert-OH is 1. The van der Waals surface area contributed by atoms with Gasteiger partial charge in [-0.3, -0.25) is 0 Å². The van der Waals surface area contributed by atoms with Crippen molar-refractivity contribution in [3.63, 3.8) is 0 Å². The van der Waals surface area contributed by atoms with Crippen LogP contribution in [0.15, 0.2) is 34.8 Å². The highest BCUT2D eigenvalue weighted by Crippen LogP contribution is 2.27. The number of aliphatic hydroxyl groups is 1. The van der Waals surface area contributed by atoms with Crippen molar-refractivity contribution in [3.05, 3.63) is 40.5 Å². The van der Waals surface area contributed by atoms with Gasteiger partial charge in [-0.2, -0.15) is 0 Å². The maximum Gasteiger partial charge on any atom is 0.0980 e. The Kier molecular flexibility index (Phi) is 3.78. The van der Waals surface area contributed by atoms with Crippen molar-refractivity contribution < 1.29 is 5.11 Å². The molecule has 0 aliphatic heterocycles. The van der Waals surface area contributed by atoms with Crippen LogP contribution in [0.1, 0.15) is 24.6 Å². The van der Waals surface area contributed by atoms with Crippen molar-refractivity contribution in [1.82, 2.24) is 4.98 Å². The summed E-state index contributed by atoms with van der Waals surface area (Å²) in [7, 11) is 0. The van der Waals surface area contributed by atoms with Crippen LogP contribution in [0.3, 0.4) is 0 Å². The molecule has 1 aromatic carbocycles. The van der Waals surface area contributed by atoms with Crippen LogP contribution in [-0.4, -0.2) is 10.1 Å². The molecule has 1 unspecified atom stereocenters. The number of fused-ring (bicyclic) bond motifs is 1. The summed E-state index contributed by atoms with van der Waals surface area (Å²) < 4.78 is 0.820. The zero-order valence-electron chi connectivity index (χ0n) is 9.23. The van der Waals surface area contributed by atoms with E-state index < -0.39 is 6.10 Å². The van der Waals surface area contributed by atoms with E-state index in [9.17, 15) is 5.11 Å². The first-order chi connectivity index (χ1) is 8.22. The number of aromatic nitrogens is 1. The number of halogens is 1. The average molecular weight is 290 g/mol. The van der Waals surface area contributed by atoms with Crippen molar-refractivity contribution >= 4 is 26.8 Å². The summed E-state index contributed by atoms with van der Waals surface area (Å²) in [5, 5.41) is 11.1. The maximum atomic E-state index is 10.0. The lowest BCUT2D eigenvalue weighted by atomic mass is 10.1. The van der Waals surface area contributed by atoms with Gasteiger partial charge in [-0.1, -0.05) is 18.2 Å². The third-order valence-corrected chi connectivity index (χ3v) is 3.22. The van der Waals surface area contributed by atoms with Gasteiger partial charge in [0.1, 0.15) is 0 Å². The van der Waals surface area contributed by atoms with Crippen LogP contribution in [-0.2, 0) is 0 Å². The predicted octanol–water partition coefficient (Wildman–Crippen LogP) is 3.44. The van der Waals surface area contributed by atoms with Gasteiger partial charge in [0.2, 0.25) is 0 Å². The molecule has 1 aromatic heterocycles. The summed E-state index contributed by atoms with van der Waals surface area (Å²) in [6.07, 6.45) is 5.64. The number of terminal acetylenes is 1. The van der Waals surface area contributed by atoms with Gasteiger partial charge in [0.05, 0.1) is 17.3 Å². The van der Waals surface area contributed by atoms with Crippen LogP contribution in [0.5, 0.6) is 0 Å². The third-order valence-electron chi connectivity index (χ3n) is 2.58. The van der Waals surface area contributed by atoms with E-state index in [0.717, 1.165) is 15.4 Å². The van der Waals surface area contributed by atoms with Crippen LogP contribution in [0.25, 0.3) is 10.9 Å². The second kappa shape index (κ2) is 5.31. The summed E-state index contributed by atoms with van der Waals surface area (Å²) in [4.78, 5) is 4.46. The van der Waals surface area contributed by atoms with E-state index in [1.165, 1.54) is 0 Å². The third kappa shape index (κ3) is 2.66. The quantitative estimate of drug-likeness (QED) is 0.878. The lowest BCUT2D eigenvalue weighted by molar-refractivity contribution is 0.164. The molecule has 1 atom stereocenters. The van der Waals surface area contributed by atoms with Crippen molar-refractivity contribution in [2.75, 3.05) is 0 Å². The Balaban J connectivity index is 2.40. The van der Waals surface area contributed by atoms with Gasteiger partial charge < -0.3 is 5.11 Å². The number of rotatable bonds is 3. The molecule has 86 valence electrons. The molecule has 2 rings (SSSR count). The zero-order chi connectivity index (χ0) is 12.3. The number of benzene rings is 1. The van der Waals surface area contributed by atoms with Crippen molar-refractivity contribution in [2.45, 2.75) is 18.9 Å². The molecular formula is C14H12BrNO. The SMILES string of the molecule is C#CCCC(O)c1nc2ccccc2cc1Br. The number of hydrogen-bond acceptors (Lipinski definition) is 2. The number of nitrogens with zero attached hydrogens (tertiary/aromatic N) is 1. The molecule has 0 aliphatic carbocycles. The highest BCUT2D eigenvalue weighted by molar-refractivity contribution is 9.10. The normalized spacial score (nSPS) is 12.3. The number of pyridine rings is 1. The van der Waals surface area contributed by atoms with Crippen LogP contribution in [0.4, 0.5) is 0 Å². The molecule has 0 aliphatic rings. The van der Waals surface area contributed by atoms with Crippen LogP contribution in [0.2, 0.25) is 0 Å². The largest absolute Gasteiger partial charge is 0.387 e. The number of hydrogen-bond donors (Lipinski definition) is 1. The highest BCUT2D eigenvalue weighted by Gasteiger charge is 2.13. The van der Waals surface area contributed by atoms with Crippen molar-refractivity contribution in [2.24, 2.45) is 0 Å². The maximum absolute atomic E-state index is 10.0. The van der Waals surface area contributed by atoms with Crippen LogP contribution >= 0.6 is 15.9 Å². The molecule has 0 fully saturated rings. The fourth-order valence-electron chi connectivity index (χ4n) is 1.70. The predicted molar refractivity (Wildman–Crippen MR) is 72.5 cm³/mol. The summed E-state index contributed by atoms with van der Waals surface area (Å²) in [6, 6.07) is 9.78. The van der Waals surface area contributed by atoms with Gasteiger partial charge in [0.25, 0.3) is 0 Å². The zero-order valence-corrected chi connectivity index (χ0v) is 10.8. The summed E-state index contributed by atoms with van der Waals surface area (Å²) in [5.74, 6) is 2.52. The molecule has 2 nitrogen and oxygen atoms in total. The second-order valence-electron chi connectivity index (χ2n) is 3.81. The first kappa shape index (κ1) is 12.1. The first-order valence-corrected chi connectivity index (χ1v) is 6.18. The molecule has 0 saturated carbocycles. The molecule has 0 spiro atoms. The fraction of sp³-hybridized carbons (Fsp3) is 0.214. The minimum absolute atomic E-state index is 0.528. The Morgan fingerprint density at radius 2 is 2.18 bits per heavy atom. The smallest absolute Gasteiger partial charge is 0.0980 e. The van der Waals surface area contributed by atoms with E-state index in [0.29, 0.717) is 18.5 Å². The van der Waals surface area contributed by atoms with Gasteiger partial charge in [-0.25, -0.2) is 4.98 Å². The van der Waals surface area contributed by atoms with Crippen LogP contribution < -0.4 is 0 Å².